The van der Waals surface area contributed by atoms with Gasteiger partial charge in [0, 0.05) is 12.1 Å². The summed E-state index contributed by atoms with van der Waals surface area (Å²) in [7, 11) is 0. The molecule has 18 heavy (non-hydrogen) atoms. The Kier molecular flexibility index (Phi) is 7.33. The van der Waals surface area contributed by atoms with Crippen LogP contribution in [0.5, 0.6) is 0 Å². The zero-order valence-corrected chi connectivity index (χ0v) is 12.3. The van der Waals surface area contributed by atoms with Crippen LogP contribution in [0.25, 0.3) is 0 Å². The van der Waals surface area contributed by atoms with Crippen LogP contribution in [-0.4, -0.2) is 24.5 Å². The van der Waals surface area contributed by atoms with Crippen LogP contribution in [0, 0.1) is 5.92 Å². The van der Waals surface area contributed by atoms with Gasteiger partial charge in [0.25, 0.3) is 0 Å². The Hall–Kier alpha value is -0.570. The summed E-state index contributed by atoms with van der Waals surface area (Å²) in [5.41, 5.74) is 0. The van der Waals surface area contributed by atoms with Crippen molar-refractivity contribution in [2.24, 2.45) is 5.92 Å². The topological polar surface area (TPSA) is 41.1 Å². The Morgan fingerprint density at radius 2 is 1.78 bits per heavy atom. The highest BCUT2D eigenvalue weighted by atomic mass is 16.1. The fourth-order valence-electron chi connectivity index (χ4n) is 2.78. The standard InChI is InChI=1S/C15H30N2O/c1-4-14(12(2)3)16-11-15(18)17-13-9-7-5-6-8-10-13/h12-14,16H,4-11H2,1-3H3,(H,17,18). The highest BCUT2D eigenvalue weighted by molar-refractivity contribution is 5.78. The van der Waals surface area contributed by atoms with E-state index in [1.54, 1.807) is 0 Å². The number of nitrogens with one attached hydrogen (secondary N) is 2. The maximum Gasteiger partial charge on any atom is 0.234 e. The molecule has 3 heteroatoms. The summed E-state index contributed by atoms with van der Waals surface area (Å²) < 4.78 is 0. The van der Waals surface area contributed by atoms with Gasteiger partial charge in [-0.2, -0.15) is 0 Å². The van der Waals surface area contributed by atoms with Crippen molar-refractivity contribution in [2.75, 3.05) is 6.54 Å². The van der Waals surface area contributed by atoms with E-state index >= 15 is 0 Å². The number of carbonyl (C=O) groups is 1. The van der Waals surface area contributed by atoms with Crippen LogP contribution in [0.4, 0.5) is 0 Å². The molecule has 1 amide bonds. The zero-order chi connectivity index (χ0) is 13.4. The molecule has 2 N–H and O–H groups in total. The first-order valence-corrected chi connectivity index (χ1v) is 7.66. The van der Waals surface area contributed by atoms with Gasteiger partial charge < -0.3 is 10.6 Å². The van der Waals surface area contributed by atoms with E-state index in [1.165, 1.54) is 25.7 Å². The Bertz CT molecular complexity index is 233. The molecule has 106 valence electrons. The Morgan fingerprint density at radius 3 is 2.28 bits per heavy atom. The van der Waals surface area contributed by atoms with Gasteiger partial charge in [0.1, 0.15) is 0 Å². The van der Waals surface area contributed by atoms with Crippen molar-refractivity contribution >= 4 is 5.91 Å². The van der Waals surface area contributed by atoms with Gasteiger partial charge in [-0.1, -0.05) is 46.5 Å². The predicted molar refractivity (Wildman–Crippen MR) is 76.6 cm³/mol. The quantitative estimate of drug-likeness (QED) is 0.716. The SMILES string of the molecule is CCC(NCC(=O)NC1CCCCCC1)C(C)C. The van der Waals surface area contributed by atoms with E-state index in [2.05, 4.69) is 31.4 Å². The Labute approximate surface area is 112 Å². The van der Waals surface area contributed by atoms with Crippen LogP contribution in [0.2, 0.25) is 0 Å². The molecule has 1 aliphatic carbocycles. The Morgan fingerprint density at radius 1 is 1.17 bits per heavy atom. The van der Waals surface area contributed by atoms with Crippen LogP contribution in [0.1, 0.15) is 65.7 Å². The number of carbonyl (C=O) groups excluding carboxylic acids is 1. The minimum atomic E-state index is 0.168. The van der Waals surface area contributed by atoms with Crippen molar-refractivity contribution in [1.29, 1.82) is 0 Å². The molecule has 3 nitrogen and oxygen atoms in total. The molecular weight excluding hydrogens is 224 g/mol. The summed E-state index contributed by atoms with van der Waals surface area (Å²) in [4.78, 5) is 11.9. The fourth-order valence-corrected chi connectivity index (χ4v) is 2.78. The highest BCUT2D eigenvalue weighted by Gasteiger charge is 2.16. The molecule has 0 radical (unpaired) electrons. The third-order valence-corrected chi connectivity index (χ3v) is 3.99. The summed E-state index contributed by atoms with van der Waals surface area (Å²) in [5, 5.41) is 6.54. The third-order valence-electron chi connectivity index (χ3n) is 3.99. The van der Waals surface area contributed by atoms with Crippen molar-refractivity contribution in [1.82, 2.24) is 10.6 Å². The molecule has 1 saturated carbocycles. The van der Waals surface area contributed by atoms with Crippen LogP contribution < -0.4 is 10.6 Å². The van der Waals surface area contributed by atoms with Crippen molar-refractivity contribution in [3.05, 3.63) is 0 Å². The lowest BCUT2D eigenvalue weighted by molar-refractivity contribution is -0.121. The molecule has 0 aromatic rings. The molecule has 1 fully saturated rings. The Balaban J connectivity index is 2.23. The normalized spacial score (nSPS) is 19.6. The van der Waals surface area contributed by atoms with Crippen molar-refractivity contribution in [3.8, 4) is 0 Å². The van der Waals surface area contributed by atoms with Gasteiger partial charge in [0.15, 0.2) is 0 Å². The van der Waals surface area contributed by atoms with Crippen molar-refractivity contribution in [3.63, 3.8) is 0 Å². The van der Waals surface area contributed by atoms with Gasteiger partial charge in [-0.25, -0.2) is 0 Å². The van der Waals surface area contributed by atoms with Crippen LogP contribution >= 0.6 is 0 Å². The molecule has 1 atom stereocenters. The number of rotatable bonds is 6. The second kappa shape index (κ2) is 8.52. The molecule has 1 unspecified atom stereocenters. The lowest BCUT2D eigenvalue weighted by atomic mass is 10.0. The van der Waals surface area contributed by atoms with Crippen LogP contribution in [-0.2, 0) is 4.79 Å². The number of hydrogen-bond donors (Lipinski definition) is 2. The molecule has 0 spiro atoms. The predicted octanol–water partition coefficient (Wildman–Crippen LogP) is 2.85. The minimum absolute atomic E-state index is 0.168. The van der Waals surface area contributed by atoms with Crippen LogP contribution in [0.15, 0.2) is 0 Å². The van der Waals surface area contributed by atoms with Gasteiger partial charge in [0.2, 0.25) is 5.91 Å². The first-order valence-electron chi connectivity index (χ1n) is 7.66. The molecule has 0 aromatic carbocycles. The molecule has 0 bridgehead atoms. The fraction of sp³-hybridized carbons (Fsp3) is 0.933. The molecular formula is C15H30N2O. The summed E-state index contributed by atoms with van der Waals surface area (Å²) in [6.45, 7) is 7.03. The largest absolute Gasteiger partial charge is 0.352 e. The molecule has 0 aromatic heterocycles. The molecule has 0 heterocycles. The molecule has 1 aliphatic rings. The maximum absolute atomic E-state index is 11.9. The zero-order valence-electron chi connectivity index (χ0n) is 12.3. The average molecular weight is 254 g/mol. The maximum atomic E-state index is 11.9. The second-order valence-electron chi connectivity index (χ2n) is 5.90. The number of hydrogen-bond acceptors (Lipinski definition) is 2. The van der Waals surface area contributed by atoms with Gasteiger partial charge in [-0.3, -0.25) is 4.79 Å². The first-order chi connectivity index (χ1) is 8.63. The summed E-state index contributed by atoms with van der Waals surface area (Å²) in [6, 6.07) is 0.866. The summed E-state index contributed by atoms with van der Waals surface area (Å²) in [6.07, 6.45) is 8.59. The smallest absolute Gasteiger partial charge is 0.234 e. The van der Waals surface area contributed by atoms with Crippen molar-refractivity contribution < 1.29 is 4.79 Å². The molecule has 0 saturated heterocycles. The van der Waals surface area contributed by atoms with E-state index in [0.717, 1.165) is 19.3 Å². The minimum Gasteiger partial charge on any atom is -0.352 e. The van der Waals surface area contributed by atoms with Gasteiger partial charge >= 0.3 is 0 Å². The highest BCUT2D eigenvalue weighted by Crippen LogP contribution is 2.17. The van der Waals surface area contributed by atoms with E-state index in [0.29, 0.717) is 24.5 Å². The lowest BCUT2D eigenvalue weighted by Crippen LogP contribution is -2.44. The van der Waals surface area contributed by atoms with Crippen molar-refractivity contribution in [2.45, 2.75) is 77.8 Å². The van der Waals surface area contributed by atoms with Gasteiger partial charge in [0.05, 0.1) is 6.54 Å². The summed E-state index contributed by atoms with van der Waals surface area (Å²) >= 11 is 0. The lowest BCUT2D eigenvalue weighted by Gasteiger charge is -2.22. The second-order valence-corrected chi connectivity index (χ2v) is 5.90. The van der Waals surface area contributed by atoms with E-state index < -0.39 is 0 Å². The first kappa shape index (κ1) is 15.5. The molecule has 0 aliphatic heterocycles. The van der Waals surface area contributed by atoms with Gasteiger partial charge in [-0.05, 0) is 25.2 Å². The summed E-state index contributed by atoms with van der Waals surface area (Å²) in [5.74, 6) is 0.752. The monoisotopic (exact) mass is 254 g/mol. The van der Waals surface area contributed by atoms with E-state index in [9.17, 15) is 4.79 Å². The van der Waals surface area contributed by atoms with E-state index in [-0.39, 0.29) is 5.91 Å². The van der Waals surface area contributed by atoms with Gasteiger partial charge in [-0.15, -0.1) is 0 Å². The molecule has 1 rings (SSSR count). The van der Waals surface area contributed by atoms with E-state index in [1.807, 2.05) is 0 Å². The average Bonchev–Trinajstić information content (AvgIpc) is 2.58. The van der Waals surface area contributed by atoms with Crippen LogP contribution in [0.3, 0.4) is 0 Å². The number of amides is 1. The van der Waals surface area contributed by atoms with E-state index in [4.69, 9.17) is 0 Å². The third kappa shape index (κ3) is 5.85.